The Morgan fingerprint density at radius 3 is 2.91 bits per heavy atom. The average molecular weight is 158 g/mol. The van der Waals surface area contributed by atoms with Gasteiger partial charge in [0.15, 0.2) is 0 Å². The maximum atomic E-state index is 12.2. The first-order valence-corrected chi connectivity index (χ1v) is 3.35. The molecule has 0 aliphatic carbocycles. The predicted molar refractivity (Wildman–Crippen MR) is 38.9 cm³/mol. The molecule has 0 radical (unpaired) electrons. The Kier molecular flexibility index (Phi) is 2.59. The summed E-state index contributed by atoms with van der Waals surface area (Å²) < 4.78 is 18.8. The molecule has 0 saturated heterocycles. The minimum Gasteiger partial charge on any atom is -0.371 e. The molecule has 1 rings (SSSR count). The van der Waals surface area contributed by atoms with Crippen molar-refractivity contribution in [2.24, 2.45) is 7.05 Å². The van der Waals surface area contributed by atoms with Crippen LogP contribution in [0.25, 0.3) is 0 Å². The first-order valence-electron chi connectivity index (χ1n) is 3.35. The van der Waals surface area contributed by atoms with E-state index < -0.39 is 12.8 Å². The molecule has 0 aliphatic rings. The highest BCUT2D eigenvalue weighted by atomic mass is 19.1. The van der Waals surface area contributed by atoms with Crippen molar-refractivity contribution in [1.82, 2.24) is 9.55 Å². The fraction of sp³-hybridized carbons (Fsp3) is 0.571. The number of ether oxygens (including phenoxy) is 1. The number of alkyl halides is 1. The first-order chi connectivity index (χ1) is 5.29. The van der Waals surface area contributed by atoms with Gasteiger partial charge in [-0.05, 0) is 0 Å². The summed E-state index contributed by atoms with van der Waals surface area (Å²) in [5.74, 6) is 0.620. The smallest absolute Gasteiger partial charge is 0.143 e. The number of methoxy groups -OCH3 is 1. The molecule has 1 heterocycles. The van der Waals surface area contributed by atoms with Gasteiger partial charge >= 0.3 is 0 Å². The molecule has 62 valence electrons. The van der Waals surface area contributed by atoms with Gasteiger partial charge in [-0.1, -0.05) is 0 Å². The van der Waals surface area contributed by atoms with Crippen LogP contribution < -0.4 is 0 Å². The Bertz CT molecular complexity index is 220. The minimum atomic E-state index is -0.540. The van der Waals surface area contributed by atoms with E-state index in [4.69, 9.17) is 4.74 Å². The number of nitrogens with zero attached hydrogens (tertiary/aromatic N) is 2. The quantitative estimate of drug-likeness (QED) is 0.658. The standard InChI is InChI=1S/C7H11FN2O/c1-10-4-3-9-7(10)6(5-8)11-2/h3-4,6H,5H2,1-2H3. The molecule has 1 aromatic rings. The molecule has 3 nitrogen and oxygen atoms in total. The molecule has 0 aromatic carbocycles. The van der Waals surface area contributed by atoms with Crippen molar-refractivity contribution in [3.05, 3.63) is 18.2 Å². The van der Waals surface area contributed by atoms with Gasteiger partial charge in [0.1, 0.15) is 18.6 Å². The SMILES string of the molecule is COC(CF)c1nccn1C. The van der Waals surface area contributed by atoms with Crippen molar-refractivity contribution in [2.45, 2.75) is 6.10 Å². The Morgan fingerprint density at radius 1 is 1.82 bits per heavy atom. The van der Waals surface area contributed by atoms with E-state index in [1.165, 1.54) is 7.11 Å². The monoisotopic (exact) mass is 158 g/mol. The van der Waals surface area contributed by atoms with Gasteiger partial charge in [-0.25, -0.2) is 9.37 Å². The number of halogens is 1. The summed E-state index contributed by atoms with van der Waals surface area (Å²) in [5, 5.41) is 0. The Labute approximate surface area is 64.8 Å². The molecule has 1 unspecified atom stereocenters. The lowest BCUT2D eigenvalue weighted by Crippen LogP contribution is -2.09. The summed E-state index contributed by atoms with van der Waals surface area (Å²) in [7, 11) is 3.28. The first kappa shape index (κ1) is 8.20. The maximum absolute atomic E-state index is 12.2. The van der Waals surface area contributed by atoms with Crippen LogP contribution in [0.2, 0.25) is 0 Å². The molecule has 0 amide bonds. The molecule has 0 aliphatic heterocycles. The van der Waals surface area contributed by atoms with Gasteiger partial charge in [-0.3, -0.25) is 0 Å². The number of imidazole rings is 1. The molecule has 1 atom stereocenters. The largest absolute Gasteiger partial charge is 0.371 e. The van der Waals surface area contributed by atoms with E-state index in [9.17, 15) is 4.39 Å². The highest BCUT2D eigenvalue weighted by Crippen LogP contribution is 2.13. The summed E-state index contributed by atoms with van der Waals surface area (Å²) >= 11 is 0. The molecule has 0 saturated carbocycles. The molecule has 0 fully saturated rings. The van der Waals surface area contributed by atoms with Gasteiger partial charge in [-0.2, -0.15) is 0 Å². The summed E-state index contributed by atoms with van der Waals surface area (Å²) in [6.45, 7) is -0.540. The van der Waals surface area contributed by atoms with E-state index in [0.29, 0.717) is 5.82 Å². The highest BCUT2D eigenvalue weighted by Gasteiger charge is 2.13. The fourth-order valence-electron chi connectivity index (χ4n) is 0.925. The topological polar surface area (TPSA) is 27.1 Å². The van der Waals surface area contributed by atoms with E-state index in [1.807, 2.05) is 7.05 Å². The van der Waals surface area contributed by atoms with Crippen molar-refractivity contribution >= 4 is 0 Å². The molecule has 0 spiro atoms. The average Bonchev–Trinajstić information content (AvgIpc) is 2.40. The van der Waals surface area contributed by atoms with Crippen molar-refractivity contribution < 1.29 is 9.13 Å². The molecule has 11 heavy (non-hydrogen) atoms. The van der Waals surface area contributed by atoms with E-state index >= 15 is 0 Å². The molecule has 0 N–H and O–H groups in total. The second kappa shape index (κ2) is 3.48. The van der Waals surface area contributed by atoms with Gasteiger partial charge in [0.25, 0.3) is 0 Å². The lowest BCUT2D eigenvalue weighted by Gasteiger charge is -2.09. The van der Waals surface area contributed by atoms with E-state index in [0.717, 1.165) is 0 Å². The Morgan fingerprint density at radius 2 is 2.55 bits per heavy atom. The van der Waals surface area contributed by atoms with Crippen LogP contribution >= 0.6 is 0 Å². The molecule has 4 heteroatoms. The molecular formula is C7H11FN2O. The zero-order chi connectivity index (χ0) is 8.27. The van der Waals surface area contributed by atoms with Crippen LogP contribution in [0.3, 0.4) is 0 Å². The van der Waals surface area contributed by atoms with E-state index in [2.05, 4.69) is 4.98 Å². The second-order valence-electron chi connectivity index (χ2n) is 2.27. The van der Waals surface area contributed by atoms with Crippen LogP contribution in [0.4, 0.5) is 4.39 Å². The van der Waals surface area contributed by atoms with Crippen LogP contribution in [-0.2, 0) is 11.8 Å². The van der Waals surface area contributed by atoms with Crippen molar-refractivity contribution in [2.75, 3.05) is 13.8 Å². The van der Waals surface area contributed by atoms with Gasteiger partial charge in [-0.15, -0.1) is 0 Å². The summed E-state index contributed by atoms with van der Waals surface area (Å²) in [6.07, 6.45) is 2.85. The lowest BCUT2D eigenvalue weighted by atomic mass is 10.4. The molecule has 1 aromatic heterocycles. The number of hydrogen-bond donors (Lipinski definition) is 0. The van der Waals surface area contributed by atoms with Gasteiger partial charge in [0.05, 0.1) is 0 Å². The van der Waals surface area contributed by atoms with Crippen molar-refractivity contribution in [1.29, 1.82) is 0 Å². The maximum Gasteiger partial charge on any atom is 0.143 e. The number of hydrogen-bond acceptors (Lipinski definition) is 2. The summed E-state index contributed by atoms with van der Waals surface area (Å²) in [5.41, 5.74) is 0. The third-order valence-corrected chi connectivity index (χ3v) is 1.57. The fourth-order valence-corrected chi connectivity index (χ4v) is 0.925. The third kappa shape index (κ3) is 1.57. The Balaban J connectivity index is 2.81. The van der Waals surface area contributed by atoms with Crippen LogP contribution in [0.1, 0.15) is 11.9 Å². The predicted octanol–water partition coefficient (Wildman–Crippen LogP) is 1.08. The summed E-state index contributed by atoms with van der Waals surface area (Å²) in [4.78, 5) is 3.96. The van der Waals surface area contributed by atoms with Crippen LogP contribution in [0.15, 0.2) is 12.4 Å². The number of aryl methyl sites for hydroxylation is 1. The number of aromatic nitrogens is 2. The second-order valence-corrected chi connectivity index (χ2v) is 2.27. The number of rotatable bonds is 3. The summed E-state index contributed by atoms with van der Waals surface area (Å²) in [6, 6.07) is 0. The zero-order valence-corrected chi connectivity index (χ0v) is 6.62. The van der Waals surface area contributed by atoms with Crippen molar-refractivity contribution in [3.8, 4) is 0 Å². The Hall–Kier alpha value is -0.900. The van der Waals surface area contributed by atoms with E-state index in [1.54, 1.807) is 17.0 Å². The highest BCUT2D eigenvalue weighted by molar-refractivity contribution is 4.95. The third-order valence-electron chi connectivity index (χ3n) is 1.57. The van der Waals surface area contributed by atoms with Crippen LogP contribution in [-0.4, -0.2) is 23.3 Å². The van der Waals surface area contributed by atoms with Gasteiger partial charge in [0.2, 0.25) is 0 Å². The normalized spacial score (nSPS) is 13.4. The van der Waals surface area contributed by atoms with E-state index in [-0.39, 0.29) is 0 Å². The van der Waals surface area contributed by atoms with Crippen molar-refractivity contribution in [3.63, 3.8) is 0 Å². The molecule has 0 bridgehead atoms. The van der Waals surface area contributed by atoms with Gasteiger partial charge in [0, 0.05) is 26.6 Å². The molecular weight excluding hydrogens is 147 g/mol. The zero-order valence-electron chi connectivity index (χ0n) is 6.62. The lowest BCUT2D eigenvalue weighted by molar-refractivity contribution is 0.0704. The van der Waals surface area contributed by atoms with Crippen LogP contribution in [0, 0.1) is 0 Å². The van der Waals surface area contributed by atoms with Gasteiger partial charge < -0.3 is 9.30 Å². The minimum absolute atomic E-state index is 0.532. The van der Waals surface area contributed by atoms with Crippen LogP contribution in [0.5, 0.6) is 0 Å².